The highest BCUT2D eigenvalue weighted by atomic mass is 16.3. The van der Waals surface area contributed by atoms with E-state index in [1.165, 1.54) is 51.5 Å². The summed E-state index contributed by atoms with van der Waals surface area (Å²) in [7, 11) is 0. The number of nitrogens with zero attached hydrogens (tertiary/aromatic N) is 1. The second-order valence-electron chi connectivity index (χ2n) is 5.33. The Hall–Kier alpha value is -0.0800. The maximum Gasteiger partial charge on any atom is 0.0443 e. The monoisotopic (exact) mass is 243 g/mol. The van der Waals surface area contributed by atoms with Crippen molar-refractivity contribution in [2.45, 2.75) is 78.2 Å². The van der Waals surface area contributed by atoms with Gasteiger partial charge in [-0.1, -0.05) is 45.4 Å². The van der Waals surface area contributed by atoms with E-state index in [-0.39, 0.29) is 0 Å². The van der Waals surface area contributed by atoms with Crippen LogP contribution in [0.1, 0.15) is 72.1 Å². The second kappa shape index (κ2) is 12.4. The summed E-state index contributed by atoms with van der Waals surface area (Å²) in [5.74, 6) is 0. The maximum absolute atomic E-state index is 8.86. The second-order valence-corrected chi connectivity index (χ2v) is 5.33. The standard InChI is InChI=1S/C15H33NO/c1-4-5-6-7-8-9-10-12-16(15(2)3)13-11-14-17/h15,17H,4-14H2,1-3H3. The molecule has 0 aromatic carbocycles. The van der Waals surface area contributed by atoms with Crippen molar-refractivity contribution in [1.29, 1.82) is 0 Å². The van der Waals surface area contributed by atoms with Gasteiger partial charge in [-0.15, -0.1) is 0 Å². The van der Waals surface area contributed by atoms with Crippen LogP contribution in [0.3, 0.4) is 0 Å². The lowest BCUT2D eigenvalue weighted by Gasteiger charge is -2.26. The van der Waals surface area contributed by atoms with Crippen molar-refractivity contribution in [2.24, 2.45) is 0 Å². The summed E-state index contributed by atoms with van der Waals surface area (Å²) in [5.41, 5.74) is 0. The predicted octanol–water partition coefficient (Wildman–Crippen LogP) is 3.83. The third-order valence-electron chi connectivity index (χ3n) is 3.38. The molecule has 0 fully saturated rings. The van der Waals surface area contributed by atoms with Crippen LogP contribution in [-0.4, -0.2) is 35.7 Å². The van der Waals surface area contributed by atoms with Gasteiger partial charge < -0.3 is 10.0 Å². The number of hydrogen-bond acceptors (Lipinski definition) is 2. The van der Waals surface area contributed by atoms with E-state index < -0.39 is 0 Å². The third-order valence-corrected chi connectivity index (χ3v) is 3.38. The molecular formula is C15H33NO. The zero-order chi connectivity index (χ0) is 12.9. The Bertz CT molecular complexity index is 148. The first-order valence-electron chi connectivity index (χ1n) is 7.57. The summed E-state index contributed by atoms with van der Waals surface area (Å²) in [6.45, 7) is 9.33. The van der Waals surface area contributed by atoms with Gasteiger partial charge in [-0.05, 0) is 33.2 Å². The quantitative estimate of drug-likeness (QED) is 0.527. The molecule has 0 unspecified atom stereocenters. The van der Waals surface area contributed by atoms with Gasteiger partial charge in [-0.25, -0.2) is 0 Å². The van der Waals surface area contributed by atoms with Gasteiger partial charge in [0.15, 0.2) is 0 Å². The SMILES string of the molecule is CCCCCCCCCN(CCCO)C(C)C. The van der Waals surface area contributed by atoms with Gasteiger partial charge in [0.05, 0.1) is 0 Å². The fraction of sp³-hybridized carbons (Fsp3) is 1.00. The molecule has 0 heterocycles. The van der Waals surface area contributed by atoms with E-state index in [2.05, 4.69) is 25.7 Å². The molecule has 0 aliphatic carbocycles. The molecule has 0 spiro atoms. The van der Waals surface area contributed by atoms with E-state index in [4.69, 9.17) is 5.11 Å². The van der Waals surface area contributed by atoms with Gasteiger partial charge in [0.2, 0.25) is 0 Å². The highest BCUT2D eigenvalue weighted by Crippen LogP contribution is 2.09. The highest BCUT2D eigenvalue weighted by molar-refractivity contribution is 4.62. The lowest BCUT2D eigenvalue weighted by molar-refractivity contribution is 0.188. The van der Waals surface area contributed by atoms with E-state index in [1.54, 1.807) is 0 Å². The van der Waals surface area contributed by atoms with E-state index in [0.717, 1.165) is 13.0 Å². The van der Waals surface area contributed by atoms with E-state index in [0.29, 0.717) is 12.6 Å². The highest BCUT2D eigenvalue weighted by Gasteiger charge is 2.07. The molecular weight excluding hydrogens is 210 g/mol. The first-order chi connectivity index (χ1) is 8.22. The molecule has 0 saturated heterocycles. The van der Waals surface area contributed by atoms with Crippen LogP contribution in [0.5, 0.6) is 0 Å². The molecule has 0 amide bonds. The number of aliphatic hydroxyl groups excluding tert-OH is 1. The van der Waals surface area contributed by atoms with E-state index in [1.807, 2.05) is 0 Å². The first kappa shape index (κ1) is 16.9. The van der Waals surface area contributed by atoms with E-state index >= 15 is 0 Å². The minimum atomic E-state index is 0.320. The molecule has 0 atom stereocenters. The molecule has 0 aromatic heterocycles. The van der Waals surface area contributed by atoms with Gasteiger partial charge in [0.1, 0.15) is 0 Å². The fourth-order valence-corrected chi connectivity index (χ4v) is 2.17. The Morgan fingerprint density at radius 1 is 0.824 bits per heavy atom. The summed E-state index contributed by atoms with van der Waals surface area (Å²) in [4.78, 5) is 2.49. The lowest BCUT2D eigenvalue weighted by Crippen LogP contribution is -2.33. The third kappa shape index (κ3) is 10.8. The molecule has 17 heavy (non-hydrogen) atoms. The summed E-state index contributed by atoms with van der Waals surface area (Å²) in [5, 5.41) is 8.86. The van der Waals surface area contributed by atoms with Crippen LogP contribution >= 0.6 is 0 Å². The van der Waals surface area contributed by atoms with Crippen LogP contribution in [0.4, 0.5) is 0 Å². The van der Waals surface area contributed by atoms with Gasteiger partial charge in [-0.3, -0.25) is 0 Å². The number of aliphatic hydroxyl groups is 1. The van der Waals surface area contributed by atoms with Crippen LogP contribution < -0.4 is 0 Å². The largest absolute Gasteiger partial charge is 0.396 e. The molecule has 104 valence electrons. The fourth-order valence-electron chi connectivity index (χ4n) is 2.17. The molecule has 0 aliphatic rings. The van der Waals surface area contributed by atoms with Gasteiger partial charge in [0.25, 0.3) is 0 Å². The van der Waals surface area contributed by atoms with Crippen LogP contribution in [0.25, 0.3) is 0 Å². The first-order valence-corrected chi connectivity index (χ1v) is 7.57. The summed E-state index contributed by atoms with van der Waals surface area (Å²) in [6, 6.07) is 0.613. The normalized spacial score (nSPS) is 11.6. The summed E-state index contributed by atoms with van der Waals surface area (Å²) in [6.07, 6.45) is 10.5. The molecule has 0 rings (SSSR count). The minimum Gasteiger partial charge on any atom is -0.396 e. The average Bonchev–Trinajstić information content (AvgIpc) is 2.31. The van der Waals surface area contributed by atoms with Crippen LogP contribution in [0.2, 0.25) is 0 Å². The Labute approximate surface area is 108 Å². The summed E-state index contributed by atoms with van der Waals surface area (Å²) < 4.78 is 0. The van der Waals surface area contributed by atoms with Crippen molar-refractivity contribution in [1.82, 2.24) is 4.90 Å². The smallest absolute Gasteiger partial charge is 0.0443 e. The molecule has 2 heteroatoms. The van der Waals surface area contributed by atoms with Crippen molar-refractivity contribution in [2.75, 3.05) is 19.7 Å². The van der Waals surface area contributed by atoms with Gasteiger partial charge in [-0.2, -0.15) is 0 Å². The molecule has 0 aliphatic heterocycles. The van der Waals surface area contributed by atoms with Gasteiger partial charge >= 0.3 is 0 Å². The molecule has 0 radical (unpaired) electrons. The van der Waals surface area contributed by atoms with Crippen molar-refractivity contribution >= 4 is 0 Å². The predicted molar refractivity (Wildman–Crippen MR) is 76.4 cm³/mol. The molecule has 0 saturated carbocycles. The number of hydrogen-bond donors (Lipinski definition) is 1. The molecule has 0 bridgehead atoms. The van der Waals surface area contributed by atoms with Crippen molar-refractivity contribution in [3.8, 4) is 0 Å². The van der Waals surface area contributed by atoms with Crippen molar-refractivity contribution in [3.05, 3.63) is 0 Å². The van der Waals surface area contributed by atoms with Gasteiger partial charge in [0, 0.05) is 19.2 Å². The Kier molecular flexibility index (Phi) is 12.3. The van der Waals surface area contributed by atoms with Crippen LogP contribution in [0, 0.1) is 0 Å². The Morgan fingerprint density at radius 2 is 1.35 bits per heavy atom. The minimum absolute atomic E-state index is 0.320. The van der Waals surface area contributed by atoms with Crippen LogP contribution in [0.15, 0.2) is 0 Å². The van der Waals surface area contributed by atoms with Crippen LogP contribution in [-0.2, 0) is 0 Å². The van der Waals surface area contributed by atoms with E-state index in [9.17, 15) is 0 Å². The number of rotatable bonds is 12. The van der Waals surface area contributed by atoms with Crippen molar-refractivity contribution < 1.29 is 5.11 Å². The Balaban J connectivity index is 3.41. The zero-order valence-corrected chi connectivity index (χ0v) is 12.2. The summed E-state index contributed by atoms with van der Waals surface area (Å²) >= 11 is 0. The topological polar surface area (TPSA) is 23.5 Å². The maximum atomic E-state index is 8.86. The average molecular weight is 243 g/mol. The molecule has 2 nitrogen and oxygen atoms in total. The Morgan fingerprint density at radius 3 is 1.88 bits per heavy atom. The number of unbranched alkanes of at least 4 members (excludes halogenated alkanes) is 6. The molecule has 0 aromatic rings. The van der Waals surface area contributed by atoms with Crippen molar-refractivity contribution in [3.63, 3.8) is 0 Å². The zero-order valence-electron chi connectivity index (χ0n) is 12.2. The molecule has 1 N–H and O–H groups in total. The lowest BCUT2D eigenvalue weighted by atomic mass is 10.1.